The van der Waals surface area contributed by atoms with Crippen LogP contribution < -0.4 is 11.1 Å². The number of sulfone groups is 1. The third-order valence-corrected chi connectivity index (χ3v) is 5.14. The lowest BCUT2D eigenvalue weighted by atomic mass is 10.0. The van der Waals surface area contributed by atoms with Crippen LogP contribution in [-0.4, -0.2) is 27.3 Å². The Morgan fingerprint density at radius 1 is 1.28 bits per heavy atom. The van der Waals surface area contributed by atoms with Crippen LogP contribution in [0.4, 0.5) is 0 Å². The minimum atomic E-state index is -3.07. The fourth-order valence-corrected chi connectivity index (χ4v) is 3.97. The van der Waals surface area contributed by atoms with Crippen LogP contribution in [0.25, 0.3) is 0 Å². The quantitative estimate of drug-likeness (QED) is 0.788. The Labute approximate surface area is 108 Å². The minimum absolute atomic E-state index is 0.155. The molecule has 0 aromatic heterocycles. The van der Waals surface area contributed by atoms with Gasteiger partial charge in [-0.3, -0.25) is 0 Å². The van der Waals surface area contributed by atoms with Crippen molar-refractivity contribution in [2.75, 3.05) is 18.8 Å². The van der Waals surface area contributed by atoms with Crippen molar-refractivity contribution in [3.8, 4) is 0 Å². The Morgan fingerprint density at radius 3 is 2.83 bits per heavy atom. The van der Waals surface area contributed by atoms with E-state index < -0.39 is 9.84 Å². The van der Waals surface area contributed by atoms with Crippen LogP contribution in [0.15, 0.2) is 29.2 Å². The van der Waals surface area contributed by atoms with E-state index in [2.05, 4.69) is 5.32 Å². The van der Waals surface area contributed by atoms with E-state index in [-0.39, 0.29) is 11.8 Å². The molecule has 1 aromatic rings. The Morgan fingerprint density at radius 2 is 2.06 bits per heavy atom. The van der Waals surface area contributed by atoms with E-state index in [1.165, 1.54) is 0 Å². The monoisotopic (exact) mass is 268 g/mol. The van der Waals surface area contributed by atoms with E-state index in [4.69, 9.17) is 5.73 Å². The molecule has 0 spiro atoms. The summed E-state index contributed by atoms with van der Waals surface area (Å²) in [4.78, 5) is 0.493. The van der Waals surface area contributed by atoms with Crippen LogP contribution in [0, 0.1) is 0 Å². The molecule has 1 unspecified atom stereocenters. The van der Waals surface area contributed by atoms with Gasteiger partial charge < -0.3 is 11.1 Å². The van der Waals surface area contributed by atoms with Gasteiger partial charge in [0.15, 0.2) is 9.84 Å². The van der Waals surface area contributed by atoms with Crippen molar-refractivity contribution in [1.82, 2.24) is 5.32 Å². The molecule has 0 saturated heterocycles. The molecule has 1 aromatic carbocycles. The van der Waals surface area contributed by atoms with E-state index >= 15 is 0 Å². The Hall–Kier alpha value is -0.910. The third-order valence-electron chi connectivity index (χ3n) is 3.33. The molecule has 5 heteroatoms. The van der Waals surface area contributed by atoms with Gasteiger partial charge in [0, 0.05) is 6.04 Å². The zero-order valence-electron chi connectivity index (χ0n) is 10.4. The second kappa shape index (κ2) is 5.82. The van der Waals surface area contributed by atoms with Gasteiger partial charge in [0.05, 0.1) is 10.6 Å². The third kappa shape index (κ3) is 2.91. The van der Waals surface area contributed by atoms with E-state index in [0.717, 1.165) is 24.9 Å². The summed E-state index contributed by atoms with van der Waals surface area (Å²) in [7, 11) is -3.07. The summed E-state index contributed by atoms with van der Waals surface area (Å²) in [5, 5.41) is 3.43. The van der Waals surface area contributed by atoms with Gasteiger partial charge in [-0.2, -0.15) is 0 Å². The number of rotatable bonds is 5. The number of nitrogens with one attached hydrogen (secondary N) is 1. The van der Waals surface area contributed by atoms with Gasteiger partial charge in [0.1, 0.15) is 0 Å². The topological polar surface area (TPSA) is 72.2 Å². The molecule has 3 N–H and O–H groups in total. The van der Waals surface area contributed by atoms with E-state index in [1.54, 1.807) is 12.1 Å². The lowest BCUT2D eigenvalue weighted by molar-refractivity contribution is 0.482. The summed E-state index contributed by atoms with van der Waals surface area (Å²) in [6.45, 7) is 1.59. The molecule has 18 heavy (non-hydrogen) atoms. The van der Waals surface area contributed by atoms with Gasteiger partial charge in [-0.05, 0) is 44.0 Å². The van der Waals surface area contributed by atoms with Gasteiger partial charge in [-0.1, -0.05) is 18.2 Å². The van der Waals surface area contributed by atoms with Gasteiger partial charge in [0.2, 0.25) is 0 Å². The maximum Gasteiger partial charge on any atom is 0.178 e. The van der Waals surface area contributed by atoms with Gasteiger partial charge in [-0.25, -0.2) is 8.42 Å². The standard InChI is InChI=1S/C13H20N2O2S/c14-8-3-4-9-15-12-7-10-18(16,17)13-6-2-1-5-11(12)13/h1-2,5-6,12,15H,3-4,7-10,14H2. The molecule has 1 aliphatic rings. The lowest BCUT2D eigenvalue weighted by Gasteiger charge is -2.26. The van der Waals surface area contributed by atoms with Gasteiger partial charge >= 0.3 is 0 Å². The van der Waals surface area contributed by atoms with Crippen molar-refractivity contribution in [2.24, 2.45) is 5.73 Å². The number of hydrogen-bond donors (Lipinski definition) is 2. The molecule has 0 radical (unpaired) electrons. The number of nitrogens with two attached hydrogens (primary N) is 1. The van der Waals surface area contributed by atoms with E-state index in [9.17, 15) is 8.42 Å². The van der Waals surface area contributed by atoms with Crippen LogP contribution in [0.5, 0.6) is 0 Å². The predicted octanol–water partition coefficient (Wildman–Crippen LogP) is 1.23. The van der Waals surface area contributed by atoms with Crippen molar-refractivity contribution >= 4 is 9.84 Å². The first-order valence-electron chi connectivity index (χ1n) is 6.40. The highest BCUT2D eigenvalue weighted by molar-refractivity contribution is 7.91. The molecule has 4 nitrogen and oxygen atoms in total. The summed E-state index contributed by atoms with van der Waals surface area (Å²) in [5.74, 6) is 0.235. The van der Waals surface area contributed by atoms with Crippen LogP contribution in [0.3, 0.4) is 0 Å². The molecule has 1 atom stereocenters. The van der Waals surface area contributed by atoms with E-state index in [0.29, 0.717) is 17.9 Å². The van der Waals surface area contributed by atoms with Crippen molar-refractivity contribution in [2.45, 2.75) is 30.2 Å². The van der Waals surface area contributed by atoms with Crippen LogP contribution >= 0.6 is 0 Å². The molecule has 0 aliphatic carbocycles. The van der Waals surface area contributed by atoms with Gasteiger partial charge in [0.25, 0.3) is 0 Å². The molecule has 0 bridgehead atoms. The van der Waals surface area contributed by atoms with E-state index in [1.807, 2.05) is 12.1 Å². The number of hydrogen-bond acceptors (Lipinski definition) is 4. The molecule has 0 saturated carbocycles. The molecular formula is C13H20N2O2S. The minimum Gasteiger partial charge on any atom is -0.330 e. The molecule has 0 fully saturated rings. The Balaban J connectivity index is 2.11. The highest BCUT2D eigenvalue weighted by Gasteiger charge is 2.29. The Bertz CT molecular complexity index is 499. The van der Waals surface area contributed by atoms with Crippen molar-refractivity contribution < 1.29 is 8.42 Å². The number of unbranched alkanes of at least 4 members (excludes halogenated alkanes) is 1. The van der Waals surface area contributed by atoms with Crippen LogP contribution in [-0.2, 0) is 9.84 Å². The average molecular weight is 268 g/mol. The molecular weight excluding hydrogens is 248 g/mol. The molecule has 1 heterocycles. The Kier molecular flexibility index (Phi) is 4.37. The zero-order valence-corrected chi connectivity index (χ0v) is 11.2. The summed E-state index contributed by atoms with van der Waals surface area (Å²) < 4.78 is 23.9. The molecule has 1 aliphatic heterocycles. The summed E-state index contributed by atoms with van der Waals surface area (Å²) in [6, 6.07) is 7.45. The second-order valence-corrected chi connectivity index (χ2v) is 6.73. The molecule has 0 amide bonds. The van der Waals surface area contributed by atoms with Crippen LogP contribution in [0.2, 0.25) is 0 Å². The fourth-order valence-electron chi connectivity index (χ4n) is 2.35. The summed E-state index contributed by atoms with van der Waals surface area (Å²) in [6.07, 6.45) is 2.68. The maximum absolute atomic E-state index is 12.0. The predicted molar refractivity (Wildman–Crippen MR) is 72.1 cm³/mol. The highest BCUT2D eigenvalue weighted by atomic mass is 32.2. The summed E-state index contributed by atoms with van der Waals surface area (Å²) >= 11 is 0. The van der Waals surface area contributed by atoms with Crippen molar-refractivity contribution in [3.63, 3.8) is 0 Å². The zero-order chi connectivity index (χ0) is 13.0. The first-order valence-corrected chi connectivity index (χ1v) is 8.05. The van der Waals surface area contributed by atoms with Crippen molar-refractivity contribution in [1.29, 1.82) is 0 Å². The fraction of sp³-hybridized carbons (Fsp3) is 0.538. The average Bonchev–Trinajstić information content (AvgIpc) is 2.37. The first-order chi connectivity index (χ1) is 8.65. The molecule has 2 rings (SSSR count). The SMILES string of the molecule is NCCCCNC1CCS(=O)(=O)c2ccccc21. The highest BCUT2D eigenvalue weighted by Crippen LogP contribution is 2.31. The molecule has 100 valence electrons. The second-order valence-electron chi connectivity index (χ2n) is 4.65. The van der Waals surface area contributed by atoms with Crippen molar-refractivity contribution in [3.05, 3.63) is 29.8 Å². The maximum atomic E-state index is 12.0. The number of benzene rings is 1. The smallest absolute Gasteiger partial charge is 0.178 e. The summed E-state index contributed by atoms with van der Waals surface area (Å²) in [5.41, 5.74) is 6.37. The lowest BCUT2D eigenvalue weighted by Crippen LogP contribution is -2.30. The number of fused-ring (bicyclic) bond motifs is 1. The normalized spacial score (nSPS) is 21.5. The van der Waals surface area contributed by atoms with Gasteiger partial charge in [-0.15, -0.1) is 0 Å². The first kappa shape index (κ1) is 13.5. The van der Waals surface area contributed by atoms with Crippen LogP contribution in [0.1, 0.15) is 30.9 Å². The largest absolute Gasteiger partial charge is 0.330 e.